The van der Waals surface area contributed by atoms with Crippen LogP contribution in [0.25, 0.3) is 44.2 Å². The molecule has 60 heavy (non-hydrogen) atoms. The van der Waals surface area contributed by atoms with Crippen LogP contribution in [0.4, 0.5) is 17.1 Å². The number of hydrogen-bond donors (Lipinski definition) is 0. The van der Waals surface area contributed by atoms with Crippen molar-refractivity contribution in [1.29, 1.82) is 0 Å². The fraction of sp³-hybridized carbons (Fsp3) is 0.0508. The molecular formula is C59H41N. The number of benzene rings is 9. The van der Waals surface area contributed by atoms with E-state index in [0.717, 1.165) is 17.1 Å². The molecule has 0 saturated carbocycles. The lowest BCUT2D eigenvalue weighted by atomic mass is 9.70. The molecule has 0 bridgehead atoms. The monoisotopic (exact) mass is 763 g/mol. The normalized spacial score (nSPS) is 16.3. The van der Waals surface area contributed by atoms with Crippen LogP contribution in [0.2, 0.25) is 0 Å². The summed E-state index contributed by atoms with van der Waals surface area (Å²) in [7, 11) is 0. The van der Waals surface area contributed by atoms with Crippen LogP contribution in [0.3, 0.4) is 0 Å². The standard InChI is InChI=1S/C59H41N/c1-3-17-40(18-4-1)46-22-9-10-23-47(46)42-31-34-44(35-32-42)60(57-38-33-41-19-7-8-24-48(41)58(57)43-20-5-2-6-21-43)45-36-37-52-51-27-13-16-30-55(51)59(56(52)39-45)53-28-14-11-25-49(53)50-26-12-15-29-54(50)59/h1-39,46-47H. The third-order valence-corrected chi connectivity index (χ3v) is 13.3. The number of hydrogen-bond acceptors (Lipinski definition) is 1. The summed E-state index contributed by atoms with van der Waals surface area (Å²) in [5, 5.41) is 2.46. The zero-order valence-corrected chi connectivity index (χ0v) is 33.1. The van der Waals surface area contributed by atoms with Gasteiger partial charge in [-0.3, -0.25) is 0 Å². The Bertz CT molecular complexity index is 3090. The van der Waals surface area contributed by atoms with Gasteiger partial charge in [-0.15, -0.1) is 0 Å². The van der Waals surface area contributed by atoms with E-state index < -0.39 is 5.41 Å². The predicted molar refractivity (Wildman–Crippen MR) is 251 cm³/mol. The van der Waals surface area contributed by atoms with E-state index in [4.69, 9.17) is 0 Å². The highest BCUT2D eigenvalue weighted by molar-refractivity contribution is 6.06. The van der Waals surface area contributed by atoms with Crippen molar-refractivity contribution in [1.82, 2.24) is 0 Å². The highest BCUT2D eigenvalue weighted by atomic mass is 15.1. The summed E-state index contributed by atoms with van der Waals surface area (Å²) < 4.78 is 0. The van der Waals surface area contributed by atoms with Crippen molar-refractivity contribution in [3.05, 3.63) is 270 Å². The summed E-state index contributed by atoms with van der Waals surface area (Å²) in [6.07, 6.45) is 9.09. The van der Waals surface area contributed by atoms with Gasteiger partial charge in [-0.2, -0.15) is 0 Å². The molecule has 12 rings (SSSR count). The summed E-state index contributed by atoms with van der Waals surface area (Å²) in [6.45, 7) is 0. The molecule has 0 aliphatic heterocycles. The lowest BCUT2D eigenvalue weighted by Crippen LogP contribution is -2.26. The van der Waals surface area contributed by atoms with Crippen LogP contribution in [0.5, 0.6) is 0 Å². The van der Waals surface area contributed by atoms with E-state index in [0.29, 0.717) is 0 Å². The molecule has 1 spiro atoms. The summed E-state index contributed by atoms with van der Waals surface area (Å²) in [5.74, 6) is 0.510. The van der Waals surface area contributed by atoms with Gasteiger partial charge in [0, 0.05) is 28.8 Å². The summed E-state index contributed by atoms with van der Waals surface area (Å²) in [4.78, 5) is 2.51. The molecule has 9 aromatic carbocycles. The first-order valence-electron chi connectivity index (χ1n) is 21.1. The van der Waals surface area contributed by atoms with Crippen LogP contribution in [0.1, 0.15) is 45.2 Å². The van der Waals surface area contributed by atoms with Crippen LogP contribution in [0.15, 0.2) is 237 Å². The van der Waals surface area contributed by atoms with E-state index >= 15 is 0 Å². The number of fused-ring (bicyclic) bond motifs is 11. The first-order valence-corrected chi connectivity index (χ1v) is 21.1. The summed E-state index contributed by atoms with van der Waals surface area (Å²) in [6, 6.07) is 79.1. The van der Waals surface area contributed by atoms with Crippen molar-refractivity contribution in [2.24, 2.45) is 0 Å². The van der Waals surface area contributed by atoms with Gasteiger partial charge >= 0.3 is 0 Å². The number of nitrogens with zero attached hydrogens (tertiary/aromatic N) is 1. The smallest absolute Gasteiger partial charge is 0.0726 e. The Balaban J connectivity index is 1.10. The number of rotatable bonds is 6. The lowest BCUT2D eigenvalue weighted by Gasteiger charge is -2.33. The third kappa shape index (κ3) is 5.12. The molecule has 0 radical (unpaired) electrons. The molecule has 0 aromatic heterocycles. The first kappa shape index (κ1) is 34.6. The van der Waals surface area contributed by atoms with Gasteiger partial charge in [0.25, 0.3) is 0 Å². The van der Waals surface area contributed by atoms with Crippen LogP contribution in [-0.4, -0.2) is 0 Å². The van der Waals surface area contributed by atoms with Gasteiger partial charge in [-0.25, -0.2) is 0 Å². The van der Waals surface area contributed by atoms with Crippen molar-refractivity contribution in [3.8, 4) is 33.4 Å². The molecule has 1 heteroatoms. The van der Waals surface area contributed by atoms with Gasteiger partial charge in [0.1, 0.15) is 0 Å². The van der Waals surface area contributed by atoms with Crippen LogP contribution >= 0.6 is 0 Å². The molecule has 2 atom stereocenters. The lowest BCUT2D eigenvalue weighted by molar-refractivity contribution is 0.730. The largest absolute Gasteiger partial charge is 0.310 e. The quantitative estimate of drug-likeness (QED) is 0.163. The van der Waals surface area contributed by atoms with E-state index in [1.807, 2.05) is 0 Å². The van der Waals surface area contributed by atoms with Gasteiger partial charge in [0.2, 0.25) is 0 Å². The SMILES string of the molecule is C1=CC(c2ccccc2)C(c2ccc(N(c3ccc4c(c3)C3(c5ccccc5-c5ccccc53)c3ccccc3-4)c3ccc4ccccc4c3-c3ccccc3)cc2)C=C1. The molecule has 0 N–H and O–H groups in total. The molecule has 1 nitrogen and oxygen atoms in total. The Morgan fingerprint density at radius 3 is 1.50 bits per heavy atom. The Morgan fingerprint density at radius 2 is 0.867 bits per heavy atom. The zero-order chi connectivity index (χ0) is 39.6. The Hall–Kier alpha value is -7.48. The Morgan fingerprint density at radius 1 is 0.367 bits per heavy atom. The van der Waals surface area contributed by atoms with E-state index in [1.54, 1.807) is 0 Å². The van der Waals surface area contributed by atoms with Gasteiger partial charge in [-0.05, 0) is 102 Å². The predicted octanol–water partition coefficient (Wildman–Crippen LogP) is 15.3. The molecule has 0 amide bonds. The van der Waals surface area contributed by atoms with Gasteiger partial charge < -0.3 is 4.90 Å². The molecule has 2 unspecified atom stereocenters. The van der Waals surface area contributed by atoms with E-state index in [1.165, 1.54) is 77.5 Å². The highest BCUT2D eigenvalue weighted by Gasteiger charge is 2.51. The van der Waals surface area contributed by atoms with E-state index in [-0.39, 0.29) is 11.8 Å². The average Bonchev–Trinajstić information content (AvgIpc) is 3.79. The minimum atomic E-state index is -0.441. The van der Waals surface area contributed by atoms with Crippen molar-refractivity contribution in [3.63, 3.8) is 0 Å². The minimum absolute atomic E-state index is 0.237. The topological polar surface area (TPSA) is 3.24 Å². The fourth-order valence-corrected chi connectivity index (χ4v) is 10.8. The van der Waals surface area contributed by atoms with Crippen LogP contribution < -0.4 is 4.90 Å². The van der Waals surface area contributed by atoms with Crippen LogP contribution in [0, 0.1) is 0 Å². The Labute approximate surface area is 351 Å². The summed E-state index contributed by atoms with van der Waals surface area (Å²) in [5.41, 5.74) is 18.6. The van der Waals surface area contributed by atoms with Crippen molar-refractivity contribution in [2.75, 3.05) is 4.90 Å². The molecule has 282 valence electrons. The van der Waals surface area contributed by atoms with Gasteiger partial charge in [-0.1, -0.05) is 206 Å². The van der Waals surface area contributed by atoms with Gasteiger partial charge in [0.05, 0.1) is 11.1 Å². The van der Waals surface area contributed by atoms with Crippen LogP contribution in [-0.2, 0) is 5.41 Å². The number of allylic oxidation sites excluding steroid dienone is 4. The Kier molecular flexibility index (Phi) is 7.96. The molecule has 3 aliphatic rings. The average molecular weight is 764 g/mol. The third-order valence-electron chi connectivity index (χ3n) is 13.3. The maximum absolute atomic E-state index is 2.51. The van der Waals surface area contributed by atoms with Crippen molar-refractivity contribution >= 4 is 27.8 Å². The second-order valence-corrected chi connectivity index (χ2v) is 16.3. The molecular weight excluding hydrogens is 723 g/mol. The molecule has 0 heterocycles. The molecule has 3 aliphatic carbocycles. The van der Waals surface area contributed by atoms with Crippen molar-refractivity contribution in [2.45, 2.75) is 17.3 Å². The zero-order valence-electron chi connectivity index (χ0n) is 33.1. The second-order valence-electron chi connectivity index (χ2n) is 16.3. The van der Waals surface area contributed by atoms with E-state index in [2.05, 4.69) is 242 Å². The van der Waals surface area contributed by atoms with E-state index in [9.17, 15) is 0 Å². The molecule has 0 fully saturated rings. The molecule has 0 saturated heterocycles. The van der Waals surface area contributed by atoms with Gasteiger partial charge in [0.15, 0.2) is 0 Å². The minimum Gasteiger partial charge on any atom is -0.310 e. The fourth-order valence-electron chi connectivity index (χ4n) is 10.8. The first-order chi connectivity index (χ1) is 29.8. The van der Waals surface area contributed by atoms with Crippen molar-refractivity contribution < 1.29 is 0 Å². The molecule has 9 aromatic rings. The maximum atomic E-state index is 2.51. The maximum Gasteiger partial charge on any atom is 0.0726 e. The number of anilines is 3. The second kappa shape index (κ2) is 13.8. The summed E-state index contributed by atoms with van der Waals surface area (Å²) >= 11 is 0. The highest BCUT2D eigenvalue weighted by Crippen LogP contribution is 2.63.